The average Bonchev–Trinajstić information content (AvgIpc) is 3.15. The first-order chi connectivity index (χ1) is 11.7. The highest BCUT2D eigenvalue weighted by Crippen LogP contribution is 2.34. The first-order valence-electron chi connectivity index (χ1n) is 7.49. The SMILES string of the molecule is COC(=O)c1ccc2[nH]cc(C=C3C(=O)Nc4ccccc43)c2c1. The van der Waals surface area contributed by atoms with Gasteiger partial charge >= 0.3 is 5.97 Å². The van der Waals surface area contributed by atoms with Crippen molar-refractivity contribution in [1.29, 1.82) is 0 Å². The lowest BCUT2D eigenvalue weighted by molar-refractivity contribution is -0.110. The van der Waals surface area contributed by atoms with Crippen LogP contribution in [0.1, 0.15) is 21.5 Å². The average molecular weight is 318 g/mol. The van der Waals surface area contributed by atoms with Gasteiger partial charge in [-0.1, -0.05) is 18.2 Å². The Balaban J connectivity index is 1.85. The van der Waals surface area contributed by atoms with Gasteiger partial charge in [-0.3, -0.25) is 4.79 Å². The van der Waals surface area contributed by atoms with Gasteiger partial charge in [0.05, 0.1) is 12.7 Å². The Kier molecular flexibility index (Phi) is 3.20. The number of aromatic amines is 1. The number of para-hydroxylation sites is 1. The van der Waals surface area contributed by atoms with Gasteiger partial charge in [0, 0.05) is 39.5 Å². The van der Waals surface area contributed by atoms with Crippen LogP contribution in [0.25, 0.3) is 22.6 Å². The summed E-state index contributed by atoms with van der Waals surface area (Å²) in [7, 11) is 1.35. The number of carbonyl (C=O) groups is 2. The molecule has 0 spiro atoms. The van der Waals surface area contributed by atoms with Crippen molar-refractivity contribution in [2.75, 3.05) is 12.4 Å². The number of aromatic nitrogens is 1. The zero-order chi connectivity index (χ0) is 16.7. The maximum atomic E-state index is 12.3. The summed E-state index contributed by atoms with van der Waals surface area (Å²) in [6, 6.07) is 12.9. The fourth-order valence-electron chi connectivity index (χ4n) is 2.94. The second kappa shape index (κ2) is 5.38. The van der Waals surface area contributed by atoms with Crippen molar-refractivity contribution in [3.63, 3.8) is 0 Å². The van der Waals surface area contributed by atoms with E-state index in [1.165, 1.54) is 7.11 Å². The number of nitrogens with one attached hydrogen (secondary N) is 2. The number of benzene rings is 2. The lowest BCUT2D eigenvalue weighted by Crippen LogP contribution is -2.03. The number of carbonyl (C=O) groups excluding carboxylic acids is 2. The summed E-state index contributed by atoms with van der Waals surface area (Å²) < 4.78 is 4.77. The quantitative estimate of drug-likeness (QED) is 0.561. The van der Waals surface area contributed by atoms with Crippen LogP contribution < -0.4 is 5.32 Å². The fraction of sp³-hybridized carbons (Fsp3) is 0.0526. The van der Waals surface area contributed by atoms with E-state index >= 15 is 0 Å². The minimum atomic E-state index is -0.388. The molecule has 0 radical (unpaired) electrons. The van der Waals surface area contributed by atoms with Crippen LogP contribution in [0, 0.1) is 0 Å². The molecule has 1 aliphatic rings. The standard InChI is InChI=1S/C19H14N2O3/c1-24-19(23)11-6-7-16-14(8-11)12(10-20-16)9-15-13-4-2-3-5-17(13)21-18(15)22/h2-10,20H,1H3,(H,21,22). The lowest BCUT2D eigenvalue weighted by Gasteiger charge is -2.01. The Morgan fingerprint density at radius 1 is 1.17 bits per heavy atom. The molecular formula is C19H14N2O3. The molecule has 1 amide bonds. The number of anilines is 1. The van der Waals surface area contributed by atoms with Crippen molar-refractivity contribution in [1.82, 2.24) is 4.98 Å². The molecule has 5 nitrogen and oxygen atoms in total. The predicted molar refractivity (Wildman–Crippen MR) is 92.6 cm³/mol. The van der Waals surface area contributed by atoms with Gasteiger partial charge in [0.25, 0.3) is 5.91 Å². The van der Waals surface area contributed by atoms with E-state index in [2.05, 4.69) is 10.3 Å². The van der Waals surface area contributed by atoms with Gasteiger partial charge in [0.15, 0.2) is 0 Å². The molecule has 118 valence electrons. The van der Waals surface area contributed by atoms with E-state index in [0.717, 1.165) is 27.7 Å². The summed E-state index contributed by atoms with van der Waals surface area (Å²) in [4.78, 5) is 27.1. The number of amides is 1. The smallest absolute Gasteiger partial charge is 0.337 e. The van der Waals surface area contributed by atoms with Gasteiger partial charge in [0.1, 0.15) is 0 Å². The molecule has 4 rings (SSSR count). The van der Waals surface area contributed by atoms with Crippen molar-refractivity contribution in [3.05, 3.63) is 65.4 Å². The van der Waals surface area contributed by atoms with E-state index in [4.69, 9.17) is 4.74 Å². The van der Waals surface area contributed by atoms with E-state index in [1.54, 1.807) is 12.1 Å². The molecule has 0 aliphatic carbocycles. The van der Waals surface area contributed by atoms with Gasteiger partial charge in [-0.05, 0) is 30.3 Å². The van der Waals surface area contributed by atoms with Crippen molar-refractivity contribution < 1.29 is 14.3 Å². The van der Waals surface area contributed by atoms with Crippen LogP contribution in [0.4, 0.5) is 5.69 Å². The third-order valence-electron chi connectivity index (χ3n) is 4.14. The summed E-state index contributed by atoms with van der Waals surface area (Å²) >= 11 is 0. The van der Waals surface area contributed by atoms with E-state index < -0.39 is 0 Å². The van der Waals surface area contributed by atoms with Crippen molar-refractivity contribution in [2.45, 2.75) is 0 Å². The molecule has 2 aromatic carbocycles. The number of H-pyrrole nitrogens is 1. The van der Waals surface area contributed by atoms with E-state index in [9.17, 15) is 9.59 Å². The van der Waals surface area contributed by atoms with Gasteiger partial charge in [-0.2, -0.15) is 0 Å². The van der Waals surface area contributed by atoms with Crippen LogP contribution in [-0.2, 0) is 9.53 Å². The van der Waals surface area contributed by atoms with Crippen LogP contribution in [0.5, 0.6) is 0 Å². The van der Waals surface area contributed by atoms with Crippen LogP contribution in [0.2, 0.25) is 0 Å². The van der Waals surface area contributed by atoms with Crippen molar-refractivity contribution in [3.8, 4) is 0 Å². The molecule has 2 N–H and O–H groups in total. The topological polar surface area (TPSA) is 71.2 Å². The Labute approximate surface area is 137 Å². The molecule has 0 atom stereocenters. The number of rotatable bonds is 2. The second-order valence-electron chi connectivity index (χ2n) is 5.55. The fourth-order valence-corrected chi connectivity index (χ4v) is 2.94. The highest BCUT2D eigenvalue weighted by Gasteiger charge is 2.23. The maximum Gasteiger partial charge on any atom is 0.337 e. The highest BCUT2D eigenvalue weighted by atomic mass is 16.5. The first-order valence-corrected chi connectivity index (χ1v) is 7.49. The third kappa shape index (κ3) is 2.18. The molecule has 0 unspecified atom stereocenters. The Hall–Kier alpha value is -3.34. The monoisotopic (exact) mass is 318 g/mol. The largest absolute Gasteiger partial charge is 0.465 e. The summed E-state index contributed by atoms with van der Waals surface area (Å²) in [6.45, 7) is 0. The number of methoxy groups -OCH3 is 1. The molecule has 0 saturated heterocycles. The predicted octanol–water partition coefficient (Wildman–Crippen LogP) is 3.45. The molecule has 2 heterocycles. The number of ether oxygens (including phenoxy) is 1. The summed E-state index contributed by atoms with van der Waals surface area (Å²) in [5, 5.41) is 3.72. The molecule has 24 heavy (non-hydrogen) atoms. The summed E-state index contributed by atoms with van der Waals surface area (Å²) in [6.07, 6.45) is 3.66. The molecule has 1 aromatic heterocycles. The molecule has 5 heteroatoms. The molecule has 1 aliphatic heterocycles. The highest BCUT2D eigenvalue weighted by molar-refractivity contribution is 6.35. The molecule has 0 bridgehead atoms. The van der Waals surface area contributed by atoms with E-state index in [1.807, 2.05) is 42.6 Å². The van der Waals surface area contributed by atoms with Gasteiger partial charge in [0.2, 0.25) is 0 Å². The second-order valence-corrected chi connectivity index (χ2v) is 5.55. The molecule has 0 saturated carbocycles. The number of hydrogen-bond acceptors (Lipinski definition) is 3. The maximum absolute atomic E-state index is 12.3. The minimum Gasteiger partial charge on any atom is -0.465 e. The zero-order valence-electron chi connectivity index (χ0n) is 12.9. The van der Waals surface area contributed by atoms with Gasteiger partial charge < -0.3 is 15.0 Å². The van der Waals surface area contributed by atoms with Gasteiger partial charge in [-0.15, -0.1) is 0 Å². The van der Waals surface area contributed by atoms with E-state index in [-0.39, 0.29) is 11.9 Å². The van der Waals surface area contributed by atoms with Crippen LogP contribution in [0.15, 0.2) is 48.7 Å². The number of fused-ring (bicyclic) bond motifs is 2. The minimum absolute atomic E-state index is 0.130. The summed E-state index contributed by atoms with van der Waals surface area (Å²) in [5.74, 6) is -0.518. The molecule has 0 fully saturated rings. The normalized spacial score (nSPS) is 14.7. The first kappa shape index (κ1) is 14.3. The Morgan fingerprint density at radius 2 is 2.00 bits per heavy atom. The Bertz CT molecular complexity index is 1010. The lowest BCUT2D eigenvalue weighted by atomic mass is 10.0. The van der Waals surface area contributed by atoms with Gasteiger partial charge in [-0.25, -0.2) is 4.79 Å². The summed E-state index contributed by atoms with van der Waals surface area (Å²) in [5.41, 5.74) is 4.50. The molecule has 3 aromatic rings. The zero-order valence-corrected chi connectivity index (χ0v) is 12.9. The van der Waals surface area contributed by atoms with Crippen molar-refractivity contribution >= 4 is 40.1 Å². The van der Waals surface area contributed by atoms with Crippen LogP contribution in [-0.4, -0.2) is 24.0 Å². The van der Waals surface area contributed by atoms with Crippen LogP contribution in [0.3, 0.4) is 0 Å². The molecular weight excluding hydrogens is 304 g/mol. The van der Waals surface area contributed by atoms with E-state index in [0.29, 0.717) is 11.1 Å². The number of esters is 1. The third-order valence-corrected chi connectivity index (χ3v) is 4.14. The number of hydrogen-bond donors (Lipinski definition) is 2. The van der Waals surface area contributed by atoms with Crippen molar-refractivity contribution in [2.24, 2.45) is 0 Å². The Morgan fingerprint density at radius 3 is 2.83 bits per heavy atom. The van der Waals surface area contributed by atoms with Crippen LogP contribution >= 0.6 is 0 Å².